The molecular formula is C19H23ClN2O2. The summed E-state index contributed by atoms with van der Waals surface area (Å²) in [5.41, 5.74) is 2.27. The Hall–Kier alpha value is -1.78. The van der Waals surface area contributed by atoms with Gasteiger partial charge in [0.05, 0.1) is 13.2 Å². The van der Waals surface area contributed by atoms with Crippen LogP contribution in [0.1, 0.15) is 24.1 Å². The van der Waals surface area contributed by atoms with Crippen LogP contribution in [0.25, 0.3) is 0 Å². The Labute approximate surface area is 148 Å². The van der Waals surface area contributed by atoms with Gasteiger partial charge in [-0.1, -0.05) is 23.7 Å². The maximum atomic E-state index is 12.5. The zero-order valence-electron chi connectivity index (χ0n) is 14.0. The number of methoxy groups -OCH3 is 1. The Kier molecular flexibility index (Phi) is 5.59. The fraction of sp³-hybridized carbons (Fsp3) is 0.421. The van der Waals surface area contributed by atoms with E-state index in [2.05, 4.69) is 16.7 Å². The van der Waals surface area contributed by atoms with Crippen LogP contribution in [0.15, 0.2) is 42.6 Å². The summed E-state index contributed by atoms with van der Waals surface area (Å²) in [6.07, 6.45) is 4.09. The first-order valence-electron chi connectivity index (χ1n) is 8.33. The molecule has 1 aromatic carbocycles. The van der Waals surface area contributed by atoms with Gasteiger partial charge in [0.25, 0.3) is 0 Å². The van der Waals surface area contributed by atoms with Gasteiger partial charge in [-0.2, -0.15) is 0 Å². The topological polar surface area (TPSA) is 34.5 Å². The minimum Gasteiger partial charge on any atom is -0.383 e. The predicted molar refractivity (Wildman–Crippen MR) is 95.0 cm³/mol. The van der Waals surface area contributed by atoms with Crippen molar-refractivity contribution in [1.82, 2.24) is 9.47 Å². The predicted octanol–water partition coefficient (Wildman–Crippen LogP) is 3.57. The normalized spacial score (nSPS) is 13.9. The van der Waals surface area contributed by atoms with E-state index >= 15 is 0 Å². The number of amides is 1. The molecule has 1 amide bonds. The number of nitrogens with zero attached hydrogens (tertiary/aromatic N) is 2. The number of carbonyl (C=O) groups is 1. The van der Waals surface area contributed by atoms with Gasteiger partial charge in [0, 0.05) is 43.0 Å². The number of benzene rings is 1. The molecule has 0 radical (unpaired) electrons. The lowest BCUT2D eigenvalue weighted by atomic mass is 10.2. The summed E-state index contributed by atoms with van der Waals surface area (Å²) in [6, 6.07) is 12.0. The lowest BCUT2D eigenvalue weighted by Crippen LogP contribution is -2.35. The molecule has 0 N–H and O–H groups in total. The van der Waals surface area contributed by atoms with E-state index in [0.717, 1.165) is 35.7 Å². The third kappa shape index (κ3) is 4.40. The van der Waals surface area contributed by atoms with Gasteiger partial charge in [-0.25, -0.2) is 0 Å². The number of ether oxygens (including phenoxy) is 1. The summed E-state index contributed by atoms with van der Waals surface area (Å²) < 4.78 is 7.34. The summed E-state index contributed by atoms with van der Waals surface area (Å²) in [4.78, 5) is 14.4. The molecule has 24 heavy (non-hydrogen) atoms. The molecule has 0 bridgehead atoms. The van der Waals surface area contributed by atoms with Crippen LogP contribution in [0.4, 0.5) is 0 Å². The molecule has 2 aromatic rings. The van der Waals surface area contributed by atoms with Gasteiger partial charge in [0.2, 0.25) is 5.91 Å². The summed E-state index contributed by atoms with van der Waals surface area (Å²) in [6.45, 7) is 2.56. The second kappa shape index (κ2) is 7.86. The van der Waals surface area contributed by atoms with Crippen molar-refractivity contribution in [3.8, 4) is 0 Å². The number of carbonyl (C=O) groups excluding carboxylic acids is 1. The molecule has 0 unspecified atom stereocenters. The van der Waals surface area contributed by atoms with Crippen molar-refractivity contribution in [1.29, 1.82) is 0 Å². The Morgan fingerprint density at radius 2 is 2.17 bits per heavy atom. The van der Waals surface area contributed by atoms with Crippen molar-refractivity contribution in [2.75, 3.05) is 20.3 Å². The fourth-order valence-corrected chi connectivity index (χ4v) is 3.04. The number of hydrogen-bond donors (Lipinski definition) is 0. The van der Waals surface area contributed by atoms with E-state index in [4.69, 9.17) is 16.3 Å². The van der Waals surface area contributed by atoms with E-state index in [1.165, 1.54) is 0 Å². The maximum absolute atomic E-state index is 12.5. The van der Waals surface area contributed by atoms with Gasteiger partial charge in [-0.3, -0.25) is 4.79 Å². The molecular weight excluding hydrogens is 324 g/mol. The van der Waals surface area contributed by atoms with Gasteiger partial charge >= 0.3 is 0 Å². The summed E-state index contributed by atoms with van der Waals surface area (Å²) >= 11 is 6.07. The molecule has 1 aliphatic carbocycles. The smallest absolute Gasteiger partial charge is 0.226 e. The van der Waals surface area contributed by atoms with Crippen LogP contribution in [-0.4, -0.2) is 35.6 Å². The van der Waals surface area contributed by atoms with Crippen LogP contribution in [-0.2, 0) is 22.6 Å². The van der Waals surface area contributed by atoms with E-state index in [0.29, 0.717) is 19.7 Å². The van der Waals surface area contributed by atoms with Crippen molar-refractivity contribution in [3.05, 3.63) is 58.9 Å². The standard InChI is InChI=1S/C19H23ClN2O2/c1-24-11-10-22(19(23)16-7-8-16)14-18-6-3-9-21(18)13-15-4-2-5-17(20)12-15/h2-6,9,12,16H,7-8,10-11,13-14H2,1H3. The molecule has 0 spiro atoms. The lowest BCUT2D eigenvalue weighted by molar-refractivity contribution is -0.133. The van der Waals surface area contributed by atoms with Crippen molar-refractivity contribution in [2.45, 2.75) is 25.9 Å². The van der Waals surface area contributed by atoms with E-state index in [-0.39, 0.29) is 11.8 Å². The molecule has 5 heteroatoms. The third-order valence-electron chi connectivity index (χ3n) is 4.32. The van der Waals surface area contributed by atoms with Gasteiger partial charge in [0.1, 0.15) is 0 Å². The highest BCUT2D eigenvalue weighted by Gasteiger charge is 2.33. The van der Waals surface area contributed by atoms with Crippen LogP contribution in [0, 0.1) is 5.92 Å². The summed E-state index contributed by atoms with van der Waals surface area (Å²) in [5.74, 6) is 0.473. The maximum Gasteiger partial charge on any atom is 0.226 e. The second-order valence-corrected chi connectivity index (χ2v) is 6.72. The monoisotopic (exact) mass is 346 g/mol. The van der Waals surface area contributed by atoms with Crippen molar-refractivity contribution in [2.24, 2.45) is 5.92 Å². The SMILES string of the molecule is COCCN(Cc1cccn1Cc1cccc(Cl)c1)C(=O)C1CC1. The Morgan fingerprint density at radius 1 is 1.33 bits per heavy atom. The number of aromatic nitrogens is 1. The Morgan fingerprint density at radius 3 is 2.88 bits per heavy atom. The Bertz CT molecular complexity index is 694. The van der Waals surface area contributed by atoms with E-state index in [1.54, 1.807) is 7.11 Å². The molecule has 1 heterocycles. The van der Waals surface area contributed by atoms with Crippen LogP contribution in [0.3, 0.4) is 0 Å². The van der Waals surface area contributed by atoms with E-state index in [9.17, 15) is 4.79 Å². The molecule has 3 rings (SSSR count). The molecule has 128 valence electrons. The molecule has 1 aromatic heterocycles. The van der Waals surface area contributed by atoms with Crippen LogP contribution < -0.4 is 0 Å². The highest BCUT2D eigenvalue weighted by atomic mass is 35.5. The first-order valence-corrected chi connectivity index (χ1v) is 8.71. The van der Waals surface area contributed by atoms with Gasteiger partial charge < -0.3 is 14.2 Å². The van der Waals surface area contributed by atoms with Crippen molar-refractivity contribution < 1.29 is 9.53 Å². The number of rotatable bonds is 8. The molecule has 0 atom stereocenters. The lowest BCUT2D eigenvalue weighted by Gasteiger charge is -2.23. The fourth-order valence-electron chi connectivity index (χ4n) is 2.83. The zero-order chi connectivity index (χ0) is 16.9. The third-order valence-corrected chi connectivity index (χ3v) is 4.56. The average Bonchev–Trinajstić information content (AvgIpc) is 3.33. The van der Waals surface area contributed by atoms with Gasteiger partial charge in [-0.05, 0) is 42.7 Å². The quantitative estimate of drug-likeness (QED) is 0.732. The molecule has 0 saturated heterocycles. The Balaban J connectivity index is 1.71. The van der Waals surface area contributed by atoms with Crippen LogP contribution in [0.5, 0.6) is 0 Å². The minimum atomic E-state index is 0.221. The van der Waals surface area contributed by atoms with Gasteiger partial charge in [0.15, 0.2) is 0 Å². The summed E-state index contributed by atoms with van der Waals surface area (Å²) in [5, 5.41) is 0.742. The summed E-state index contributed by atoms with van der Waals surface area (Å²) in [7, 11) is 1.67. The molecule has 4 nitrogen and oxygen atoms in total. The van der Waals surface area contributed by atoms with Crippen molar-refractivity contribution >= 4 is 17.5 Å². The first-order chi connectivity index (χ1) is 11.7. The van der Waals surface area contributed by atoms with Crippen LogP contribution >= 0.6 is 11.6 Å². The van der Waals surface area contributed by atoms with E-state index < -0.39 is 0 Å². The first kappa shape index (κ1) is 17.1. The highest BCUT2D eigenvalue weighted by molar-refractivity contribution is 6.30. The second-order valence-electron chi connectivity index (χ2n) is 6.28. The molecule has 1 fully saturated rings. The van der Waals surface area contributed by atoms with Gasteiger partial charge in [-0.15, -0.1) is 0 Å². The number of hydrogen-bond acceptors (Lipinski definition) is 2. The minimum absolute atomic E-state index is 0.221. The van der Waals surface area contributed by atoms with E-state index in [1.807, 2.05) is 35.4 Å². The number of halogens is 1. The largest absolute Gasteiger partial charge is 0.383 e. The molecule has 1 aliphatic rings. The molecule has 1 saturated carbocycles. The average molecular weight is 347 g/mol. The zero-order valence-corrected chi connectivity index (χ0v) is 14.7. The highest BCUT2D eigenvalue weighted by Crippen LogP contribution is 2.31. The van der Waals surface area contributed by atoms with Crippen molar-refractivity contribution in [3.63, 3.8) is 0 Å². The van der Waals surface area contributed by atoms with Crippen LogP contribution in [0.2, 0.25) is 5.02 Å². The molecule has 0 aliphatic heterocycles.